The van der Waals surface area contributed by atoms with Gasteiger partial charge in [-0.25, -0.2) is 13.1 Å². The standard InChI is InChI=1S/C14H19F6N2O2S/c1-22(2,3)6-4-5-21-25(23,24)12-8-10(13(15,16)17)7-11(9-12)14(18,19)20/h7-9,21H,4-6H2,1-3H3/q+1. The number of hydrogen-bond acceptors (Lipinski definition) is 2. The Morgan fingerprint density at radius 2 is 1.36 bits per heavy atom. The number of halogens is 6. The van der Waals surface area contributed by atoms with Crippen molar-refractivity contribution in [3.63, 3.8) is 0 Å². The summed E-state index contributed by atoms with van der Waals surface area (Å²) in [4.78, 5) is -1.07. The van der Waals surface area contributed by atoms with Crippen LogP contribution in [0.3, 0.4) is 0 Å². The number of nitrogens with zero attached hydrogens (tertiary/aromatic N) is 1. The number of sulfonamides is 1. The van der Waals surface area contributed by atoms with E-state index >= 15 is 0 Å². The zero-order valence-electron chi connectivity index (χ0n) is 13.8. The predicted molar refractivity (Wildman–Crippen MR) is 79.2 cm³/mol. The lowest BCUT2D eigenvalue weighted by atomic mass is 10.1. The SMILES string of the molecule is C[N+](C)(C)CCCNS(=O)(=O)c1cc(C(F)(F)F)cc(C(F)(F)F)c1. The molecular weight excluding hydrogens is 374 g/mol. The highest BCUT2D eigenvalue weighted by molar-refractivity contribution is 7.89. The van der Waals surface area contributed by atoms with Crippen LogP contribution in [0.1, 0.15) is 17.5 Å². The van der Waals surface area contributed by atoms with Gasteiger partial charge in [-0.15, -0.1) is 0 Å². The summed E-state index contributed by atoms with van der Waals surface area (Å²) >= 11 is 0. The van der Waals surface area contributed by atoms with Crippen molar-refractivity contribution in [3.05, 3.63) is 29.3 Å². The fraction of sp³-hybridized carbons (Fsp3) is 0.571. The molecule has 1 aromatic rings. The van der Waals surface area contributed by atoms with E-state index in [2.05, 4.69) is 0 Å². The third kappa shape index (κ3) is 6.83. The van der Waals surface area contributed by atoms with Crippen LogP contribution in [0.2, 0.25) is 0 Å². The van der Waals surface area contributed by atoms with Crippen molar-refractivity contribution < 1.29 is 39.2 Å². The van der Waals surface area contributed by atoms with Gasteiger partial charge in [-0.1, -0.05) is 0 Å². The molecule has 144 valence electrons. The van der Waals surface area contributed by atoms with E-state index < -0.39 is 38.4 Å². The molecule has 0 atom stereocenters. The monoisotopic (exact) mass is 393 g/mol. The van der Waals surface area contributed by atoms with Crippen molar-refractivity contribution in [1.29, 1.82) is 0 Å². The van der Waals surface area contributed by atoms with Gasteiger partial charge >= 0.3 is 12.4 Å². The van der Waals surface area contributed by atoms with Crippen LogP contribution in [0, 0.1) is 0 Å². The molecule has 1 N–H and O–H groups in total. The Kier molecular flexibility index (Phi) is 6.18. The maximum atomic E-state index is 12.8. The first-order valence-corrected chi connectivity index (χ1v) is 8.60. The zero-order valence-corrected chi connectivity index (χ0v) is 14.6. The summed E-state index contributed by atoms with van der Waals surface area (Å²) in [7, 11) is 1.07. The summed E-state index contributed by atoms with van der Waals surface area (Å²) in [6, 6.07) is 0.269. The molecule has 0 fully saturated rings. The highest BCUT2D eigenvalue weighted by atomic mass is 32.2. The van der Waals surface area contributed by atoms with E-state index in [4.69, 9.17) is 0 Å². The highest BCUT2D eigenvalue weighted by Crippen LogP contribution is 2.37. The molecule has 0 saturated heterocycles. The first-order valence-electron chi connectivity index (χ1n) is 7.12. The van der Waals surface area contributed by atoms with Gasteiger partial charge in [0.25, 0.3) is 0 Å². The molecule has 0 aromatic heterocycles. The van der Waals surface area contributed by atoms with Crippen molar-refractivity contribution in [3.8, 4) is 0 Å². The van der Waals surface area contributed by atoms with Crippen LogP contribution in [0.25, 0.3) is 0 Å². The molecule has 0 bridgehead atoms. The lowest BCUT2D eigenvalue weighted by Gasteiger charge is -2.23. The van der Waals surface area contributed by atoms with Gasteiger partial charge < -0.3 is 4.48 Å². The molecule has 0 aliphatic heterocycles. The number of rotatable bonds is 6. The molecule has 0 amide bonds. The largest absolute Gasteiger partial charge is 0.416 e. The number of hydrogen-bond donors (Lipinski definition) is 1. The lowest BCUT2D eigenvalue weighted by Crippen LogP contribution is -2.37. The summed E-state index contributed by atoms with van der Waals surface area (Å²) in [5, 5.41) is 0. The van der Waals surface area contributed by atoms with Crippen LogP contribution in [0.4, 0.5) is 26.3 Å². The van der Waals surface area contributed by atoms with Crippen molar-refractivity contribution in [2.24, 2.45) is 0 Å². The average molecular weight is 393 g/mol. The fourth-order valence-electron chi connectivity index (χ4n) is 1.92. The molecule has 0 unspecified atom stereocenters. The van der Waals surface area contributed by atoms with Crippen LogP contribution >= 0.6 is 0 Å². The van der Waals surface area contributed by atoms with E-state index in [1.54, 1.807) is 0 Å². The van der Waals surface area contributed by atoms with Gasteiger partial charge in [0.1, 0.15) is 0 Å². The Morgan fingerprint density at radius 3 is 1.72 bits per heavy atom. The summed E-state index contributed by atoms with van der Waals surface area (Å²) in [5.41, 5.74) is -3.34. The Labute approximate surface area is 142 Å². The molecule has 4 nitrogen and oxygen atoms in total. The molecule has 25 heavy (non-hydrogen) atoms. The van der Waals surface area contributed by atoms with E-state index in [9.17, 15) is 34.8 Å². The smallest absolute Gasteiger partial charge is 0.331 e. The third-order valence-corrected chi connectivity index (χ3v) is 4.61. The molecule has 1 rings (SSSR count). The lowest BCUT2D eigenvalue weighted by molar-refractivity contribution is -0.870. The molecule has 0 saturated carbocycles. The van der Waals surface area contributed by atoms with E-state index in [0.29, 0.717) is 17.4 Å². The van der Waals surface area contributed by atoms with Gasteiger partial charge in [0.05, 0.1) is 43.7 Å². The van der Waals surface area contributed by atoms with Gasteiger partial charge in [-0.2, -0.15) is 26.3 Å². The molecule has 0 heterocycles. The van der Waals surface area contributed by atoms with Crippen LogP contribution in [0.15, 0.2) is 23.1 Å². The molecule has 0 radical (unpaired) electrons. The number of benzene rings is 1. The number of nitrogens with one attached hydrogen (secondary N) is 1. The van der Waals surface area contributed by atoms with Crippen molar-refractivity contribution in [2.45, 2.75) is 23.7 Å². The zero-order chi connectivity index (χ0) is 19.7. The van der Waals surface area contributed by atoms with Crippen molar-refractivity contribution in [2.75, 3.05) is 34.2 Å². The minimum atomic E-state index is -5.10. The second kappa shape index (κ2) is 7.12. The van der Waals surface area contributed by atoms with E-state index in [1.807, 2.05) is 25.9 Å². The Balaban J connectivity index is 3.13. The van der Waals surface area contributed by atoms with Crippen molar-refractivity contribution >= 4 is 10.0 Å². The van der Waals surface area contributed by atoms with Crippen LogP contribution in [-0.4, -0.2) is 47.1 Å². The second-order valence-corrected chi connectivity index (χ2v) is 8.27. The Bertz CT molecular complexity index is 673. The topological polar surface area (TPSA) is 46.2 Å². The normalized spacial score (nSPS) is 14.0. The van der Waals surface area contributed by atoms with E-state index in [0.717, 1.165) is 0 Å². The highest BCUT2D eigenvalue weighted by Gasteiger charge is 2.38. The summed E-state index contributed by atoms with van der Waals surface area (Å²) < 4.78 is 103. The molecular formula is C14H19F6N2O2S+. The summed E-state index contributed by atoms with van der Waals surface area (Å²) in [6.07, 6.45) is -9.84. The summed E-state index contributed by atoms with van der Waals surface area (Å²) in [6.45, 7) is 0.467. The molecule has 0 aliphatic carbocycles. The van der Waals surface area contributed by atoms with Gasteiger partial charge in [0.15, 0.2) is 0 Å². The molecule has 11 heteroatoms. The molecule has 0 aliphatic rings. The summed E-state index contributed by atoms with van der Waals surface area (Å²) in [5.74, 6) is 0. The predicted octanol–water partition coefficient (Wildman–Crippen LogP) is 3.10. The molecule has 1 aromatic carbocycles. The fourth-order valence-corrected chi connectivity index (χ4v) is 3.07. The van der Waals surface area contributed by atoms with Gasteiger partial charge in [0, 0.05) is 13.0 Å². The average Bonchev–Trinajstić information content (AvgIpc) is 2.40. The Morgan fingerprint density at radius 1 is 0.920 bits per heavy atom. The second-order valence-electron chi connectivity index (χ2n) is 6.51. The van der Waals surface area contributed by atoms with E-state index in [1.165, 1.54) is 0 Å². The maximum Gasteiger partial charge on any atom is 0.416 e. The van der Waals surface area contributed by atoms with Crippen LogP contribution in [0.5, 0.6) is 0 Å². The minimum Gasteiger partial charge on any atom is -0.331 e. The van der Waals surface area contributed by atoms with Gasteiger partial charge in [0.2, 0.25) is 10.0 Å². The van der Waals surface area contributed by atoms with Crippen molar-refractivity contribution in [1.82, 2.24) is 4.72 Å². The maximum absolute atomic E-state index is 12.8. The quantitative estimate of drug-likeness (QED) is 0.459. The van der Waals surface area contributed by atoms with Gasteiger partial charge in [-0.05, 0) is 18.2 Å². The van der Waals surface area contributed by atoms with Gasteiger partial charge in [-0.3, -0.25) is 0 Å². The number of quaternary nitrogens is 1. The molecule has 0 spiro atoms. The number of alkyl halides is 6. The minimum absolute atomic E-state index is 0.102. The van der Waals surface area contributed by atoms with E-state index in [-0.39, 0.29) is 24.7 Å². The van der Waals surface area contributed by atoms with Crippen LogP contribution in [-0.2, 0) is 22.4 Å². The first-order chi connectivity index (χ1) is 11.0. The van der Waals surface area contributed by atoms with Crippen LogP contribution < -0.4 is 4.72 Å². The third-order valence-electron chi connectivity index (χ3n) is 3.17. The Hall–Kier alpha value is -1.33. The first kappa shape index (κ1) is 21.7.